The van der Waals surface area contributed by atoms with Gasteiger partial charge in [-0.2, -0.15) is 4.98 Å². The first-order chi connectivity index (χ1) is 11.6. The van der Waals surface area contributed by atoms with E-state index in [-0.39, 0.29) is 6.04 Å². The van der Waals surface area contributed by atoms with Crippen molar-refractivity contribution < 1.29 is 9.32 Å². The van der Waals surface area contributed by atoms with Crippen LogP contribution in [0.2, 0.25) is 0 Å². The summed E-state index contributed by atoms with van der Waals surface area (Å²) in [6.45, 7) is 8.16. The Morgan fingerprint density at radius 1 is 1.42 bits per heavy atom. The van der Waals surface area contributed by atoms with Crippen LogP contribution >= 0.6 is 0 Å². The predicted octanol–water partition coefficient (Wildman–Crippen LogP) is 2.71. The molecule has 1 saturated heterocycles. The Bertz CT molecular complexity index is 555. The SMILES string of the molecule is CCCCc1noc([C@H](C)N[C@@H]2CCN(C(=O)C3CC3)C[C@@H]2C)n1. The topological polar surface area (TPSA) is 71.3 Å². The molecule has 6 heteroatoms. The molecule has 1 aliphatic carbocycles. The van der Waals surface area contributed by atoms with E-state index in [4.69, 9.17) is 4.52 Å². The zero-order valence-corrected chi connectivity index (χ0v) is 15.1. The van der Waals surface area contributed by atoms with E-state index in [0.717, 1.165) is 57.4 Å². The van der Waals surface area contributed by atoms with Gasteiger partial charge in [0.1, 0.15) is 0 Å². The molecule has 1 aromatic rings. The molecule has 134 valence electrons. The minimum atomic E-state index is 0.0472. The fourth-order valence-electron chi connectivity index (χ4n) is 3.45. The molecule has 1 aliphatic heterocycles. The van der Waals surface area contributed by atoms with Crippen LogP contribution in [0.4, 0.5) is 0 Å². The van der Waals surface area contributed by atoms with Crippen LogP contribution in [0.5, 0.6) is 0 Å². The number of rotatable bonds is 7. The molecule has 0 radical (unpaired) electrons. The van der Waals surface area contributed by atoms with Gasteiger partial charge in [-0.15, -0.1) is 0 Å². The summed E-state index contributed by atoms with van der Waals surface area (Å²) in [7, 11) is 0. The minimum absolute atomic E-state index is 0.0472. The summed E-state index contributed by atoms with van der Waals surface area (Å²) < 4.78 is 5.41. The van der Waals surface area contributed by atoms with E-state index in [1.807, 2.05) is 0 Å². The minimum Gasteiger partial charge on any atom is -0.342 e. The molecular formula is C18H30N4O2. The van der Waals surface area contributed by atoms with Crippen LogP contribution in [0.3, 0.4) is 0 Å². The van der Waals surface area contributed by atoms with Crippen LogP contribution in [0.25, 0.3) is 0 Å². The molecule has 6 nitrogen and oxygen atoms in total. The van der Waals surface area contributed by atoms with Crippen molar-refractivity contribution >= 4 is 5.91 Å². The lowest BCUT2D eigenvalue weighted by molar-refractivity contribution is -0.134. The Kier molecular flexibility index (Phi) is 5.54. The Balaban J connectivity index is 1.50. The maximum atomic E-state index is 12.2. The first-order valence-corrected chi connectivity index (χ1v) is 9.45. The number of unbranched alkanes of at least 4 members (excludes halogenated alkanes) is 1. The van der Waals surface area contributed by atoms with Crippen molar-refractivity contribution in [3.05, 3.63) is 11.7 Å². The summed E-state index contributed by atoms with van der Waals surface area (Å²) in [5.41, 5.74) is 0. The van der Waals surface area contributed by atoms with E-state index in [2.05, 4.69) is 41.1 Å². The molecule has 1 saturated carbocycles. The first kappa shape index (κ1) is 17.4. The molecule has 1 amide bonds. The van der Waals surface area contributed by atoms with Gasteiger partial charge in [0.2, 0.25) is 11.8 Å². The van der Waals surface area contributed by atoms with Gasteiger partial charge < -0.3 is 14.7 Å². The molecule has 3 atom stereocenters. The highest BCUT2D eigenvalue weighted by Gasteiger charge is 2.37. The molecular weight excluding hydrogens is 304 g/mol. The second-order valence-electron chi connectivity index (χ2n) is 7.47. The van der Waals surface area contributed by atoms with Gasteiger partial charge >= 0.3 is 0 Å². The summed E-state index contributed by atoms with van der Waals surface area (Å²) in [4.78, 5) is 18.8. The van der Waals surface area contributed by atoms with Gasteiger partial charge in [-0.25, -0.2) is 0 Å². The van der Waals surface area contributed by atoms with Gasteiger partial charge in [0, 0.05) is 31.5 Å². The smallest absolute Gasteiger partial charge is 0.243 e. The first-order valence-electron chi connectivity index (χ1n) is 9.45. The van der Waals surface area contributed by atoms with E-state index >= 15 is 0 Å². The van der Waals surface area contributed by atoms with Crippen LogP contribution in [0, 0.1) is 11.8 Å². The molecule has 3 rings (SSSR count). The number of nitrogens with zero attached hydrogens (tertiary/aromatic N) is 3. The van der Waals surface area contributed by atoms with E-state index in [9.17, 15) is 4.79 Å². The lowest BCUT2D eigenvalue weighted by Crippen LogP contribution is -2.51. The predicted molar refractivity (Wildman–Crippen MR) is 91.3 cm³/mol. The number of likely N-dealkylation sites (tertiary alicyclic amines) is 1. The molecule has 2 aliphatic rings. The van der Waals surface area contributed by atoms with Crippen molar-refractivity contribution in [3.8, 4) is 0 Å². The fourth-order valence-corrected chi connectivity index (χ4v) is 3.45. The number of aryl methyl sites for hydroxylation is 1. The van der Waals surface area contributed by atoms with Crippen molar-refractivity contribution in [2.75, 3.05) is 13.1 Å². The van der Waals surface area contributed by atoms with Crippen LogP contribution in [-0.2, 0) is 11.2 Å². The van der Waals surface area contributed by atoms with E-state index < -0.39 is 0 Å². The Labute approximate surface area is 144 Å². The molecule has 1 N–H and O–H groups in total. The van der Waals surface area contributed by atoms with Crippen LogP contribution in [0.15, 0.2) is 4.52 Å². The number of hydrogen-bond acceptors (Lipinski definition) is 5. The highest BCUT2D eigenvalue weighted by atomic mass is 16.5. The molecule has 1 aromatic heterocycles. The van der Waals surface area contributed by atoms with Crippen molar-refractivity contribution in [1.82, 2.24) is 20.4 Å². The lowest BCUT2D eigenvalue weighted by atomic mass is 9.93. The van der Waals surface area contributed by atoms with Crippen molar-refractivity contribution in [2.24, 2.45) is 11.8 Å². The summed E-state index contributed by atoms with van der Waals surface area (Å²) in [5.74, 6) is 2.60. The number of piperidine rings is 1. The number of aromatic nitrogens is 2. The number of amides is 1. The average molecular weight is 334 g/mol. The van der Waals surface area contributed by atoms with Crippen molar-refractivity contribution in [1.29, 1.82) is 0 Å². The number of nitrogens with one attached hydrogen (secondary N) is 1. The number of hydrogen-bond donors (Lipinski definition) is 1. The second kappa shape index (κ2) is 7.64. The van der Waals surface area contributed by atoms with Gasteiger partial charge in [0.25, 0.3) is 0 Å². The third kappa shape index (κ3) is 4.15. The molecule has 0 aromatic carbocycles. The molecule has 0 bridgehead atoms. The Morgan fingerprint density at radius 3 is 2.88 bits per heavy atom. The quantitative estimate of drug-likeness (QED) is 0.830. The summed E-state index contributed by atoms with van der Waals surface area (Å²) in [6, 6.07) is 0.431. The summed E-state index contributed by atoms with van der Waals surface area (Å²) in [6.07, 6.45) is 6.25. The summed E-state index contributed by atoms with van der Waals surface area (Å²) >= 11 is 0. The third-order valence-electron chi connectivity index (χ3n) is 5.22. The number of carbonyl (C=O) groups excluding carboxylic acids is 1. The zero-order valence-electron chi connectivity index (χ0n) is 15.1. The van der Waals surface area contributed by atoms with E-state index in [0.29, 0.717) is 29.7 Å². The fraction of sp³-hybridized carbons (Fsp3) is 0.833. The van der Waals surface area contributed by atoms with Crippen LogP contribution in [0.1, 0.15) is 70.6 Å². The summed E-state index contributed by atoms with van der Waals surface area (Å²) in [5, 5.41) is 7.69. The van der Waals surface area contributed by atoms with Crippen molar-refractivity contribution in [2.45, 2.75) is 71.4 Å². The zero-order chi connectivity index (χ0) is 17.1. The standard InChI is InChI=1S/C18H30N4O2/c1-4-5-6-16-20-17(24-21-16)13(3)19-15-9-10-22(11-12(15)2)18(23)14-7-8-14/h12-15,19H,4-11H2,1-3H3/t12-,13-,15+/m0/s1. The average Bonchev–Trinajstić information content (AvgIpc) is 3.32. The highest BCUT2D eigenvalue weighted by molar-refractivity contribution is 5.81. The maximum Gasteiger partial charge on any atom is 0.243 e. The second-order valence-corrected chi connectivity index (χ2v) is 7.47. The maximum absolute atomic E-state index is 12.2. The van der Waals surface area contributed by atoms with E-state index in [1.165, 1.54) is 0 Å². The molecule has 24 heavy (non-hydrogen) atoms. The molecule has 2 heterocycles. The van der Waals surface area contributed by atoms with Crippen LogP contribution in [-0.4, -0.2) is 40.1 Å². The lowest BCUT2D eigenvalue weighted by Gasteiger charge is -2.38. The van der Waals surface area contributed by atoms with Crippen LogP contribution < -0.4 is 5.32 Å². The van der Waals surface area contributed by atoms with Gasteiger partial charge in [0.15, 0.2) is 5.82 Å². The van der Waals surface area contributed by atoms with Gasteiger partial charge in [-0.05, 0) is 38.5 Å². The van der Waals surface area contributed by atoms with Gasteiger partial charge in [-0.1, -0.05) is 25.4 Å². The highest BCUT2D eigenvalue weighted by Crippen LogP contribution is 2.32. The monoisotopic (exact) mass is 334 g/mol. The molecule has 0 spiro atoms. The molecule has 2 fully saturated rings. The van der Waals surface area contributed by atoms with Gasteiger partial charge in [0.05, 0.1) is 6.04 Å². The molecule has 0 unspecified atom stereocenters. The third-order valence-corrected chi connectivity index (χ3v) is 5.22. The Hall–Kier alpha value is -1.43. The van der Waals surface area contributed by atoms with E-state index in [1.54, 1.807) is 0 Å². The normalized spacial score (nSPS) is 25.7. The Morgan fingerprint density at radius 2 is 2.21 bits per heavy atom. The number of carbonyl (C=O) groups is 1. The largest absolute Gasteiger partial charge is 0.342 e. The van der Waals surface area contributed by atoms with Gasteiger partial charge in [-0.3, -0.25) is 4.79 Å². The van der Waals surface area contributed by atoms with Crippen molar-refractivity contribution in [3.63, 3.8) is 0 Å².